The summed E-state index contributed by atoms with van der Waals surface area (Å²) in [4.78, 5) is 4.44. The van der Waals surface area contributed by atoms with Gasteiger partial charge in [0.15, 0.2) is 0 Å². The first-order chi connectivity index (χ1) is 8.61. The van der Waals surface area contributed by atoms with E-state index in [-0.39, 0.29) is 12.1 Å². The zero-order valence-corrected chi connectivity index (χ0v) is 11.2. The third-order valence-corrected chi connectivity index (χ3v) is 3.47. The summed E-state index contributed by atoms with van der Waals surface area (Å²) in [5.41, 5.74) is 5.64. The highest BCUT2D eigenvalue weighted by Gasteiger charge is 2.44. The van der Waals surface area contributed by atoms with Crippen LogP contribution in [0, 0.1) is 0 Å². The van der Waals surface area contributed by atoms with Crippen LogP contribution in [-0.4, -0.2) is 36.0 Å². The van der Waals surface area contributed by atoms with E-state index in [0.29, 0.717) is 31.5 Å². The van der Waals surface area contributed by atoms with Crippen molar-refractivity contribution >= 4 is 0 Å². The highest BCUT2D eigenvalue weighted by atomic mass is 16.5. The molecule has 2 rings (SSSR count). The lowest BCUT2D eigenvalue weighted by molar-refractivity contribution is 0.0518. The molecule has 0 radical (unpaired) electrons. The van der Waals surface area contributed by atoms with Crippen molar-refractivity contribution in [2.45, 2.75) is 44.8 Å². The lowest BCUT2D eigenvalue weighted by Gasteiger charge is -2.21. The first-order valence-corrected chi connectivity index (χ1v) is 6.40. The first-order valence-electron chi connectivity index (χ1n) is 6.40. The Morgan fingerprint density at radius 2 is 2.33 bits per heavy atom. The summed E-state index contributed by atoms with van der Waals surface area (Å²) in [6.45, 7) is 7.64. The second kappa shape index (κ2) is 5.34. The molecule has 1 aromatic rings. The normalized spacial score (nSPS) is 29.7. The molecule has 0 saturated carbocycles. The summed E-state index contributed by atoms with van der Waals surface area (Å²) in [6, 6.07) is -0.113. The molecule has 6 heteroatoms. The van der Waals surface area contributed by atoms with E-state index in [9.17, 15) is 0 Å². The number of aromatic nitrogens is 2. The van der Waals surface area contributed by atoms with E-state index in [0.717, 1.165) is 6.42 Å². The highest BCUT2D eigenvalue weighted by molar-refractivity contribution is 5.12. The molecule has 1 saturated heterocycles. The molecule has 3 unspecified atom stereocenters. The van der Waals surface area contributed by atoms with Crippen LogP contribution in [-0.2, 0) is 14.9 Å². The predicted octanol–water partition coefficient (Wildman–Crippen LogP) is 1.17. The fourth-order valence-electron chi connectivity index (χ4n) is 2.08. The SMILES string of the molecule is CCOC(CC)c1noc(C2(C)COCC2N)n1. The van der Waals surface area contributed by atoms with Gasteiger partial charge in [0.1, 0.15) is 6.10 Å². The Labute approximate surface area is 107 Å². The number of nitrogens with zero attached hydrogens (tertiary/aromatic N) is 2. The average Bonchev–Trinajstić information content (AvgIpc) is 2.96. The summed E-state index contributed by atoms with van der Waals surface area (Å²) >= 11 is 0. The Bertz CT molecular complexity index is 396. The molecule has 0 aliphatic carbocycles. The van der Waals surface area contributed by atoms with E-state index in [4.69, 9.17) is 19.7 Å². The zero-order chi connectivity index (χ0) is 13.2. The minimum absolute atomic E-state index is 0.113. The van der Waals surface area contributed by atoms with Gasteiger partial charge in [0.05, 0.1) is 18.6 Å². The molecule has 2 N–H and O–H groups in total. The van der Waals surface area contributed by atoms with Crippen molar-refractivity contribution in [1.29, 1.82) is 0 Å². The van der Waals surface area contributed by atoms with Gasteiger partial charge in [0, 0.05) is 12.6 Å². The van der Waals surface area contributed by atoms with Gasteiger partial charge in [0.25, 0.3) is 0 Å². The minimum atomic E-state index is -0.393. The van der Waals surface area contributed by atoms with Gasteiger partial charge >= 0.3 is 0 Å². The van der Waals surface area contributed by atoms with Gasteiger partial charge in [-0.05, 0) is 20.3 Å². The summed E-state index contributed by atoms with van der Waals surface area (Å²) in [5, 5.41) is 4.01. The Morgan fingerprint density at radius 1 is 1.56 bits per heavy atom. The smallest absolute Gasteiger partial charge is 0.236 e. The average molecular weight is 255 g/mol. The van der Waals surface area contributed by atoms with Gasteiger partial charge in [-0.2, -0.15) is 4.98 Å². The Hall–Kier alpha value is -0.980. The second-order valence-corrected chi connectivity index (χ2v) is 4.85. The quantitative estimate of drug-likeness (QED) is 0.850. The number of hydrogen-bond donors (Lipinski definition) is 1. The Kier molecular flexibility index (Phi) is 3.99. The minimum Gasteiger partial charge on any atom is -0.379 e. The third-order valence-electron chi connectivity index (χ3n) is 3.47. The predicted molar refractivity (Wildman–Crippen MR) is 65.1 cm³/mol. The molecular formula is C12H21N3O3. The van der Waals surface area contributed by atoms with Crippen LogP contribution in [0.4, 0.5) is 0 Å². The maximum atomic E-state index is 6.04. The van der Waals surface area contributed by atoms with Crippen LogP contribution in [0.1, 0.15) is 45.0 Å². The maximum Gasteiger partial charge on any atom is 0.236 e. The van der Waals surface area contributed by atoms with Crippen molar-refractivity contribution in [2.75, 3.05) is 19.8 Å². The monoisotopic (exact) mass is 255 g/mol. The largest absolute Gasteiger partial charge is 0.379 e. The first kappa shape index (κ1) is 13.5. The van der Waals surface area contributed by atoms with Gasteiger partial charge in [-0.3, -0.25) is 0 Å². The Morgan fingerprint density at radius 3 is 2.89 bits per heavy atom. The summed E-state index contributed by atoms with van der Waals surface area (Å²) in [5.74, 6) is 1.13. The van der Waals surface area contributed by atoms with Crippen LogP contribution in [0.25, 0.3) is 0 Å². The van der Waals surface area contributed by atoms with E-state index in [1.165, 1.54) is 0 Å². The van der Waals surface area contributed by atoms with E-state index < -0.39 is 5.41 Å². The number of nitrogens with two attached hydrogens (primary N) is 1. The summed E-state index contributed by atoms with van der Waals surface area (Å²) in [7, 11) is 0. The highest BCUT2D eigenvalue weighted by Crippen LogP contribution is 2.31. The van der Waals surface area contributed by atoms with E-state index in [2.05, 4.69) is 10.1 Å². The summed E-state index contributed by atoms with van der Waals surface area (Å²) in [6.07, 6.45) is 0.696. The van der Waals surface area contributed by atoms with Crippen molar-refractivity contribution in [3.05, 3.63) is 11.7 Å². The number of hydrogen-bond acceptors (Lipinski definition) is 6. The lowest BCUT2D eigenvalue weighted by Crippen LogP contribution is -2.42. The van der Waals surface area contributed by atoms with Crippen LogP contribution in [0.5, 0.6) is 0 Å². The molecule has 6 nitrogen and oxygen atoms in total. The van der Waals surface area contributed by atoms with Crippen molar-refractivity contribution in [2.24, 2.45) is 5.73 Å². The van der Waals surface area contributed by atoms with Gasteiger partial charge in [-0.15, -0.1) is 0 Å². The molecule has 102 valence electrons. The molecular weight excluding hydrogens is 234 g/mol. The van der Waals surface area contributed by atoms with E-state index >= 15 is 0 Å². The van der Waals surface area contributed by atoms with Gasteiger partial charge in [-0.1, -0.05) is 12.1 Å². The fraction of sp³-hybridized carbons (Fsp3) is 0.833. The number of rotatable bonds is 5. The molecule has 1 fully saturated rings. The van der Waals surface area contributed by atoms with E-state index in [1.807, 2.05) is 20.8 Å². The molecule has 18 heavy (non-hydrogen) atoms. The molecule has 0 aromatic carbocycles. The molecule has 0 bridgehead atoms. The van der Waals surface area contributed by atoms with Crippen LogP contribution < -0.4 is 5.73 Å². The molecule has 1 aromatic heterocycles. The summed E-state index contributed by atoms with van der Waals surface area (Å²) < 4.78 is 16.3. The number of ether oxygens (including phenoxy) is 2. The van der Waals surface area contributed by atoms with Crippen molar-refractivity contribution in [3.63, 3.8) is 0 Å². The lowest BCUT2D eigenvalue weighted by atomic mass is 9.86. The van der Waals surface area contributed by atoms with Crippen molar-refractivity contribution in [1.82, 2.24) is 10.1 Å². The van der Waals surface area contributed by atoms with Crippen LogP contribution in [0.15, 0.2) is 4.52 Å². The molecule has 2 heterocycles. The zero-order valence-electron chi connectivity index (χ0n) is 11.2. The molecule has 3 atom stereocenters. The third kappa shape index (κ3) is 2.28. The van der Waals surface area contributed by atoms with Gasteiger partial charge < -0.3 is 19.7 Å². The molecule has 0 spiro atoms. The van der Waals surface area contributed by atoms with Gasteiger partial charge in [0.2, 0.25) is 11.7 Å². The van der Waals surface area contributed by atoms with E-state index in [1.54, 1.807) is 0 Å². The topological polar surface area (TPSA) is 83.4 Å². The fourth-order valence-corrected chi connectivity index (χ4v) is 2.08. The van der Waals surface area contributed by atoms with Gasteiger partial charge in [-0.25, -0.2) is 0 Å². The molecule has 0 amide bonds. The van der Waals surface area contributed by atoms with Crippen molar-refractivity contribution in [3.8, 4) is 0 Å². The standard InChI is InChI=1S/C12H21N3O3/c1-4-8(17-5-2)10-14-11(18-15-10)12(3)7-16-6-9(12)13/h8-9H,4-7,13H2,1-3H3. The maximum absolute atomic E-state index is 6.04. The molecule has 1 aliphatic heterocycles. The van der Waals surface area contributed by atoms with Crippen LogP contribution in [0.2, 0.25) is 0 Å². The van der Waals surface area contributed by atoms with Crippen LogP contribution >= 0.6 is 0 Å². The van der Waals surface area contributed by atoms with Crippen molar-refractivity contribution < 1.29 is 14.0 Å². The Balaban J connectivity index is 2.19. The van der Waals surface area contributed by atoms with Crippen LogP contribution in [0.3, 0.4) is 0 Å². The molecule has 1 aliphatic rings. The second-order valence-electron chi connectivity index (χ2n) is 4.85.